The Hall–Kier alpha value is 0.450. The van der Waals surface area contributed by atoms with E-state index >= 15 is 0 Å². The van der Waals surface area contributed by atoms with E-state index in [2.05, 4.69) is 39.6 Å². The van der Waals surface area contributed by atoms with Gasteiger partial charge in [-0.1, -0.05) is 6.92 Å². The number of thiophene rings is 1. The minimum Gasteiger partial charge on any atom is -0.374 e. The molecule has 2 atom stereocenters. The van der Waals surface area contributed by atoms with E-state index in [-0.39, 0.29) is 0 Å². The molecule has 1 aromatic heterocycles. The molecule has 1 aliphatic heterocycles. The molecule has 0 aliphatic carbocycles. The number of rotatable bonds is 4. The topological polar surface area (TPSA) is 21.3 Å². The Labute approximate surface area is 113 Å². The molecule has 0 spiro atoms. The first-order valence-corrected chi connectivity index (χ1v) is 8.31. The highest BCUT2D eigenvalue weighted by Crippen LogP contribution is 2.34. The fourth-order valence-electron chi connectivity index (χ4n) is 1.84. The van der Waals surface area contributed by atoms with Crippen LogP contribution >= 0.6 is 39.0 Å². The number of thioether (sulfide) groups is 1. The first-order valence-electron chi connectivity index (χ1n) is 5.48. The van der Waals surface area contributed by atoms with Crippen LogP contribution in [0.25, 0.3) is 0 Å². The summed E-state index contributed by atoms with van der Waals surface area (Å²) in [6.45, 7) is 3.99. The summed E-state index contributed by atoms with van der Waals surface area (Å²) in [5, 5.41) is 5.66. The predicted octanol–water partition coefficient (Wildman–Crippen LogP) is 3.29. The van der Waals surface area contributed by atoms with Gasteiger partial charge < -0.3 is 10.1 Å². The minimum absolute atomic E-state index is 0.300. The van der Waals surface area contributed by atoms with Crippen LogP contribution in [-0.4, -0.2) is 30.8 Å². The largest absolute Gasteiger partial charge is 0.374 e. The van der Waals surface area contributed by atoms with Crippen molar-refractivity contribution < 1.29 is 4.74 Å². The summed E-state index contributed by atoms with van der Waals surface area (Å²) in [7, 11) is 0. The minimum atomic E-state index is 0.300. The Balaban J connectivity index is 2.12. The van der Waals surface area contributed by atoms with Crippen molar-refractivity contribution in [3.8, 4) is 0 Å². The molecular formula is C11H16BrNOS2. The van der Waals surface area contributed by atoms with Gasteiger partial charge in [-0.2, -0.15) is 11.8 Å². The van der Waals surface area contributed by atoms with Gasteiger partial charge in [-0.3, -0.25) is 0 Å². The second-order valence-corrected chi connectivity index (χ2v) is 6.60. The third-order valence-electron chi connectivity index (χ3n) is 2.56. The first-order chi connectivity index (χ1) is 7.83. The van der Waals surface area contributed by atoms with Crippen molar-refractivity contribution in [2.45, 2.75) is 19.1 Å². The van der Waals surface area contributed by atoms with Crippen molar-refractivity contribution in [2.75, 3.05) is 24.7 Å². The standard InChI is InChI=1S/C11H16BrNOS2/c1-2-13-10(9-7-15-6-4-14-9)11-8(12)3-5-16-11/h3,5,9-10,13H,2,4,6-7H2,1H3. The zero-order valence-corrected chi connectivity index (χ0v) is 12.5. The van der Waals surface area contributed by atoms with Gasteiger partial charge in [0.15, 0.2) is 0 Å². The molecule has 5 heteroatoms. The fraction of sp³-hybridized carbons (Fsp3) is 0.636. The monoisotopic (exact) mass is 321 g/mol. The van der Waals surface area contributed by atoms with E-state index in [9.17, 15) is 0 Å². The van der Waals surface area contributed by atoms with Crippen LogP contribution in [0.1, 0.15) is 17.8 Å². The quantitative estimate of drug-likeness (QED) is 0.919. The average Bonchev–Trinajstić information content (AvgIpc) is 2.73. The van der Waals surface area contributed by atoms with Crippen molar-refractivity contribution in [1.82, 2.24) is 5.32 Å². The lowest BCUT2D eigenvalue weighted by Gasteiger charge is -2.30. The molecule has 0 aromatic carbocycles. The van der Waals surface area contributed by atoms with Crippen LogP contribution in [0, 0.1) is 0 Å². The van der Waals surface area contributed by atoms with Gasteiger partial charge in [0, 0.05) is 20.9 Å². The van der Waals surface area contributed by atoms with Gasteiger partial charge in [0.25, 0.3) is 0 Å². The van der Waals surface area contributed by atoms with E-state index in [0.29, 0.717) is 12.1 Å². The first kappa shape index (κ1) is 12.9. The third-order valence-corrected chi connectivity index (χ3v) is 5.54. The molecule has 1 aliphatic rings. The van der Waals surface area contributed by atoms with Crippen molar-refractivity contribution in [1.29, 1.82) is 0 Å². The Bertz CT molecular complexity index is 326. The molecule has 2 heterocycles. The van der Waals surface area contributed by atoms with E-state index in [4.69, 9.17) is 4.74 Å². The Morgan fingerprint density at radius 3 is 3.12 bits per heavy atom. The van der Waals surface area contributed by atoms with Crippen LogP contribution in [0.4, 0.5) is 0 Å². The van der Waals surface area contributed by atoms with Crippen LogP contribution < -0.4 is 5.32 Å². The molecule has 90 valence electrons. The summed E-state index contributed by atoms with van der Waals surface area (Å²) < 4.78 is 7.07. The molecule has 0 bridgehead atoms. The average molecular weight is 322 g/mol. The molecule has 1 aromatic rings. The Morgan fingerprint density at radius 1 is 1.69 bits per heavy atom. The van der Waals surface area contributed by atoms with Gasteiger partial charge in [0.2, 0.25) is 0 Å². The number of hydrogen-bond donors (Lipinski definition) is 1. The van der Waals surface area contributed by atoms with Crippen LogP contribution in [0.3, 0.4) is 0 Å². The number of nitrogens with one attached hydrogen (secondary N) is 1. The van der Waals surface area contributed by atoms with E-state index in [1.807, 2.05) is 11.8 Å². The zero-order valence-electron chi connectivity index (χ0n) is 9.24. The maximum Gasteiger partial charge on any atom is 0.0868 e. The van der Waals surface area contributed by atoms with Crippen molar-refractivity contribution >= 4 is 39.0 Å². The molecule has 2 unspecified atom stereocenters. The maximum absolute atomic E-state index is 5.87. The number of likely N-dealkylation sites (N-methyl/N-ethyl adjacent to an activating group) is 1. The third kappa shape index (κ3) is 3.01. The van der Waals surface area contributed by atoms with Crippen molar-refractivity contribution in [3.63, 3.8) is 0 Å². The smallest absolute Gasteiger partial charge is 0.0868 e. The van der Waals surface area contributed by atoms with Gasteiger partial charge >= 0.3 is 0 Å². The molecule has 0 amide bonds. The molecule has 1 N–H and O–H groups in total. The highest BCUT2D eigenvalue weighted by Gasteiger charge is 2.27. The molecule has 0 radical (unpaired) electrons. The van der Waals surface area contributed by atoms with E-state index in [1.165, 1.54) is 9.35 Å². The van der Waals surface area contributed by atoms with E-state index in [1.54, 1.807) is 11.3 Å². The van der Waals surface area contributed by atoms with E-state index in [0.717, 1.165) is 24.7 Å². The molecule has 2 rings (SSSR count). The molecular weight excluding hydrogens is 306 g/mol. The normalized spacial score (nSPS) is 23.2. The predicted molar refractivity (Wildman–Crippen MR) is 75.5 cm³/mol. The molecule has 16 heavy (non-hydrogen) atoms. The summed E-state index contributed by atoms with van der Waals surface area (Å²) in [5.74, 6) is 2.21. The van der Waals surface area contributed by atoms with Gasteiger partial charge in [0.05, 0.1) is 18.8 Å². The second kappa shape index (κ2) is 6.40. The summed E-state index contributed by atoms with van der Waals surface area (Å²) in [6, 6.07) is 2.44. The van der Waals surface area contributed by atoms with Crippen molar-refractivity contribution in [2.24, 2.45) is 0 Å². The van der Waals surface area contributed by atoms with E-state index < -0.39 is 0 Å². The molecule has 1 saturated heterocycles. The summed E-state index contributed by atoms with van der Waals surface area (Å²) >= 11 is 7.39. The molecule has 0 saturated carbocycles. The maximum atomic E-state index is 5.87. The van der Waals surface area contributed by atoms with Crippen molar-refractivity contribution in [3.05, 3.63) is 20.8 Å². The van der Waals surface area contributed by atoms with Crippen LogP contribution in [-0.2, 0) is 4.74 Å². The number of halogens is 1. The SMILES string of the molecule is CCNC(c1sccc1Br)C1CSCCO1. The molecule has 1 fully saturated rings. The number of hydrogen-bond acceptors (Lipinski definition) is 4. The number of ether oxygens (including phenoxy) is 1. The highest BCUT2D eigenvalue weighted by molar-refractivity contribution is 9.10. The van der Waals surface area contributed by atoms with Gasteiger partial charge in [-0.25, -0.2) is 0 Å². The Kier molecular flexibility index (Phi) is 5.16. The lowest BCUT2D eigenvalue weighted by Crippen LogP contribution is -2.37. The zero-order chi connectivity index (χ0) is 11.4. The van der Waals surface area contributed by atoms with Crippen LogP contribution in [0.5, 0.6) is 0 Å². The fourth-order valence-corrected chi connectivity index (χ4v) is 4.49. The lowest BCUT2D eigenvalue weighted by atomic mass is 10.1. The van der Waals surface area contributed by atoms with Gasteiger partial charge in [-0.05, 0) is 33.9 Å². The molecule has 2 nitrogen and oxygen atoms in total. The lowest BCUT2D eigenvalue weighted by molar-refractivity contribution is 0.0479. The Morgan fingerprint density at radius 2 is 2.56 bits per heavy atom. The summed E-state index contributed by atoms with van der Waals surface area (Å²) in [6.07, 6.45) is 0.300. The van der Waals surface area contributed by atoms with Gasteiger partial charge in [-0.15, -0.1) is 11.3 Å². The highest BCUT2D eigenvalue weighted by atomic mass is 79.9. The van der Waals surface area contributed by atoms with Crippen LogP contribution in [0.2, 0.25) is 0 Å². The van der Waals surface area contributed by atoms with Crippen LogP contribution in [0.15, 0.2) is 15.9 Å². The summed E-state index contributed by atoms with van der Waals surface area (Å²) in [5.41, 5.74) is 0. The van der Waals surface area contributed by atoms with Gasteiger partial charge in [0.1, 0.15) is 0 Å². The second-order valence-electron chi connectivity index (χ2n) is 3.65. The summed E-state index contributed by atoms with van der Waals surface area (Å²) in [4.78, 5) is 1.36.